The summed E-state index contributed by atoms with van der Waals surface area (Å²) in [5.74, 6) is 0.321. The van der Waals surface area contributed by atoms with Crippen LogP contribution in [0.4, 0.5) is 0 Å². The average Bonchev–Trinajstić information content (AvgIpc) is 2.94. The number of amides is 2. The van der Waals surface area contributed by atoms with Gasteiger partial charge in [0.1, 0.15) is 0 Å². The molecular weight excluding hydrogens is 532 g/mol. The molecule has 1 atom stereocenters. The van der Waals surface area contributed by atoms with E-state index in [-0.39, 0.29) is 22.4 Å². The number of hydrogen-bond donors (Lipinski definition) is 1. The highest BCUT2D eigenvalue weighted by Gasteiger charge is 2.49. The number of carbonyl (C=O) groups is 2. The lowest BCUT2D eigenvalue weighted by atomic mass is 9.71. The smallest absolute Gasteiger partial charge is 0.229 e. The van der Waals surface area contributed by atoms with E-state index in [2.05, 4.69) is 79.5 Å². The van der Waals surface area contributed by atoms with Crippen LogP contribution in [-0.4, -0.2) is 47.6 Å². The van der Waals surface area contributed by atoms with Crippen LogP contribution >= 0.6 is 0 Å². The van der Waals surface area contributed by atoms with Crippen molar-refractivity contribution in [3.8, 4) is 0 Å². The Morgan fingerprint density at radius 1 is 0.651 bits per heavy atom. The van der Waals surface area contributed by atoms with Gasteiger partial charge in [-0.15, -0.1) is 0 Å². The molecule has 0 bridgehead atoms. The third-order valence-electron chi connectivity index (χ3n) is 9.69. The summed E-state index contributed by atoms with van der Waals surface area (Å²) in [7, 11) is 0. The van der Waals surface area contributed by atoms with Gasteiger partial charge >= 0.3 is 0 Å². The summed E-state index contributed by atoms with van der Waals surface area (Å²) in [6.07, 6.45) is 20.0. The molecule has 0 aromatic rings. The summed E-state index contributed by atoms with van der Waals surface area (Å²) in [5, 5.41) is 3.12. The second-order valence-corrected chi connectivity index (χ2v) is 15.4. The maximum absolute atomic E-state index is 15.1. The number of rotatable bonds is 27. The molecule has 0 aromatic heterocycles. The summed E-state index contributed by atoms with van der Waals surface area (Å²) in [4.78, 5) is 30.0. The molecule has 0 radical (unpaired) electrons. The summed E-state index contributed by atoms with van der Waals surface area (Å²) in [6.45, 7) is 26.2. The molecule has 0 heterocycles. The second-order valence-electron chi connectivity index (χ2n) is 15.4. The summed E-state index contributed by atoms with van der Waals surface area (Å²) in [5.41, 5.74) is -1.10. The van der Waals surface area contributed by atoms with Crippen LogP contribution in [-0.2, 0) is 14.3 Å². The van der Waals surface area contributed by atoms with Crippen molar-refractivity contribution in [1.29, 1.82) is 0 Å². The number of ether oxygens (including phenoxy) is 1. The van der Waals surface area contributed by atoms with Gasteiger partial charge in [-0.3, -0.25) is 9.59 Å². The van der Waals surface area contributed by atoms with E-state index in [0.717, 1.165) is 32.1 Å². The van der Waals surface area contributed by atoms with Crippen molar-refractivity contribution < 1.29 is 14.3 Å². The molecule has 0 spiro atoms. The van der Waals surface area contributed by atoms with Gasteiger partial charge in [-0.1, -0.05) is 132 Å². The molecule has 0 rings (SSSR count). The van der Waals surface area contributed by atoms with Crippen molar-refractivity contribution in [2.75, 3.05) is 19.8 Å². The third kappa shape index (κ3) is 16.2. The van der Waals surface area contributed by atoms with Crippen LogP contribution in [0.25, 0.3) is 0 Å². The lowest BCUT2D eigenvalue weighted by Gasteiger charge is -2.55. The molecule has 0 saturated heterocycles. The van der Waals surface area contributed by atoms with Crippen molar-refractivity contribution in [3.05, 3.63) is 0 Å². The Hall–Kier alpha value is -1.10. The zero-order chi connectivity index (χ0) is 33.0. The SMILES string of the molecule is CCCCCCC(C)(CC)N(C(=O)C(C)(C)CC(C)(C)CNC(=O)CCOCC)C(C)(CCCCCC)CCCCCC. The highest BCUT2D eigenvalue weighted by atomic mass is 16.5. The Morgan fingerprint density at radius 2 is 1.12 bits per heavy atom. The van der Waals surface area contributed by atoms with E-state index in [1.54, 1.807) is 0 Å². The molecule has 0 aliphatic rings. The fraction of sp³-hybridized carbons (Fsp3) is 0.947. The van der Waals surface area contributed by atoms with Crippen LogP contribution in [0.15, 0.2) is 0 Å². The molecule has 43 heavy (non-hydrogen) atoms. The van der Waals surface area contributed by atoms with E-state index < -0.39 is 5.41 Å². The number of unbranched alkanes of at least 4 members (excludes halogenated alkanes) is 9. The molecule has 5 heteroatoms. The maximum atomic E-state index is 15.1. The monoisotopic (exact) mass is 609 g/mol. The first-order chi connectivity index (χ1) is 20.2. The summed E-state index contributed by atoms with van der Waals surface area (Å²) >= 11 is 0. The van der Waals surface area contributed by atoms with Gasteiger partial charge in [0.15, 0.2) is 0 Å². The summed E-state index contributed by atoms with van der Waals surface area (Å²) < 4.78 is 5.36. The Bertz CT molecular complexity index is 735. The van der Waals surface area contributed by atoms with Gasteiger partial charge in [0.05, 0.1) is 6.61 Å². The highest BCUT2D eigenvalue weighted by Crippen LogP contribution is 2.44. The minimum Gasteiger partial charge on any atom is -0.381 e. The van der Waals surface area contributed by atoms with Crippen LogP contribution < -0.4 is 5.32 Å². The molecule has 0 fully saturated rings. The number of hydrogen-bond acceptors (Lipinski definition) is 3. The molecule has 0 aliphatic carbocycles. The van der Waals surface area contributed by atoms with Crippen molar-refractivity contribution >= 4 is 11.8 Å². The number of nitrogens with one attached hydrogen (secondary N) is 1. The Balaban J connectivity index is 6.33. The van der Waals surface area contributed by atoms with Gasteiger partial charge in [0.2, 0.25) is 11.8 Å². The van der Waals surface area contributed by atoms with E-state index >= 15 is 4.79 Å². The van der Waals surface area contributed by atoms with E-state index in [9.17, 15) is 4.79 Å². The first-order valence-electron chi connectivity index (χ1n) is 18.4. The number of carbonyl (C=O) groups excluding carboxylic acids is 2. The molecule has 0 aliphatic heterocycles. The zero-order valence-corrected chi connectivity index (χ0v) is 31.0. The molecule has 256 valence electrons. The van der Waals surface area contributed by atoms with Crippen LogP contribution in [0.3, 0.4) is 0 Å². The van der Waals surface area contributed by atoms with Gasteiger partial charge in [0, 0.05) is 36.1 Å². The topological polar surface area (TPSA) is 58.6 Å². The molecule has 1 N–H and O–H groups in total. The van der Waals surface area contributed by atoms with E-state index in [4.69, 9.17) is 4.74 Å². The maximum Gasteiger partial charge on any atom is 0.229 e. The van der Waals surface area contributed by atoms with Gasteiger partial charge in [-0.2, -0.15) is 0 Å². The Labute approximate surface area is 269 Å². The van der Waals surface area contributed by atoms with Crippen molar-refractivity contribution in [2.45, 2.75) is 203 Å². The minimum atomic E-state index is -0.548. The lowest BCUT2D eigenvalue weighted by molar-refractivity contribution is -0.160. The van der Waals surface area contributed by atoms with Gasteiger partial charge in [-0.05, 0) is 58.3 Å². The van der Waals surface area contributed by atoms with Gasteiger partial charge < -0.3 is 15.0 Å². The minimum absolute atomic E-state index is 0.0182. The van der Waals surface area contributed by atoms with Crippen molar-refractivity contribution in [1.82, 2.24) is 10.2 Å². The van der Waals surface area contributed by atoms with Crippen molar-refractivity contribution in [2.24, 2.45) is 10.8 Å². The highest BCUT2D eigenvalue weighted by molar-refractivity contribution is 5.83. The van der Waals surface area contributed by atoms with Crippen LogP contribution in [0.2, 0.25) is 0 Å². The quantitative estimate of drug-likeness (QED) is 0.0944. The fourth-order valence-corrected chi connectivity index (χ4v) is 7.11. The van der Waals surface area contributed by atoms with E-state index in [1.165, 1.54) is 77.0 Å². The predicted molar refractivity (Wildman–Crippen MR) is 187 cm³/mol. The normalized spacial score (nSPS) is 14.0. The van der Waals surface area contributed by atoms with E-state index in [0.29, 0.717) is 32.1 Å². The largest absolute Gasteiger partial charge is 0.381 e. The van der Waals surface area contributed by atoms with E-state index in [1.807, 2.05) is 6.92 Å². The van der Waals surface area contributed by atoms with Gasteiger partial charge in [-0.25, -0.2) is 0 Å². The van der Waals surface area contributed by atoms with Crippen molar-refractivity contribution in [3.63, 3.8) is 0 Å². The predicted octanol–water partition coefficient (Wildman–Crippen LogP) is 10.6. The first kappa shape index (κ1) is 41.9. The van der Waals surface area contributed by atoms with Crippen LogP contribution in [0.5, 0.6) is 0 Å². The zero-order valence-electron chi connectivity index (χ0n) is 31.0. The number of nitrogens with zero attached hydrogens (tertiary/aromatic N) is 1. The average molecular weight is 609 g/mol. The Morgan fingerprint density at radius 3 is 1.53 bits per heavy atom. The molecule has 0 aromatic carbocycles. The molecule has 1 unspecified atom stereocenters. The van der Waals surface area contributed by atoms with Crippen LogP contribution in [0.1, 0.15) is 192 Å². The van der Waals surface area contributed by atoms with Crippen LogP contribution in [0, 0.1) is 10.8 Å². The third-order valence-corrected chi connectivity index (χ3v) is 9.69. The standard InChI is InChI=1S/C38H76N2O3/c1-12-17-20-23-27-37(10,15-4)40(38(11,28-24-21-18-13-2)29-25-22-19-14-3)34(42)36(8,9)31-35(6,7)32-39-33(41)26-30-43-16-5/h12-32H2,1-11H3,(H,39,41). The lowest BCUT2D eigenvalue weighted by Crippen LogP contribution is -2.63. The van der Waals surface area contributed by atoms with Gasteiger partial charge in [0.25, 0.3) is 0 Å². The fourth-order valence-electron chi connectivity index (χ4n) is 7.11. The molecule has 5 nitrogen and oxygen atoms in total. The summed E-state index contributed by atoms with van der Waals surface area (Å²) in [6, 6.07) is 0. The second kappa shape index (κ2) is 21.6. The molecule has 2 amide bonds. The first-order valence-corrected chi connectivity index (χ1v) is 18.4. The molecule has 0 saturated carbocycles. The molecular formula is C38H76N2O3. The Kier molecular flexibility index (Phi) is 21.1.